The number of methoxy groups -OCH3 is 1. The Morgan fingerprint density at radius 3 is 2.08 bits per heavy atom. The van der Waals surface area contributed by atoms with Gasteiger partial charge in [-0.2, -0.15) is 0 Å². The van der Waals surface area contributed by atoms with Crippen molar-refractivity contribution in [2.24, 2.45) is 0 Å². The van der Waals surface area contributed by atoms with Crippen LogP contribution in [0.4, 0.5) is 0 Å². The molecule has 2 radical (unpaired) electrons. The minimum Gasteiger partial charge on any atom is -0.456 e. The van der Waals surface area contributed by atoms with Crippen molar-refractivity contribution in [3.8, 4) is 0 Å². The van der Waals surface area contributed by atoms with Crippen LogP contribution in [0.2, 0.25) is 0 Å². The van der Waals surface area contributed by atoms with Crippen molar-refractivity contribution < 1.29 is 9.15 Å². The van der Waals surface area contributed by atoms with E-state index in [-0.39, 0.29) is 0 Å². The molecule has 0 aliphatic carbocycles. The lowest BCUT2D eigenvalue weighted by atomic mass is 9.98. The van der Waals surface area contributed by atoms with Gasteiger partial charge in [0, 0.05) is 22.4 Å². The van der Waals surface area contributed by atoms with Crippen LogP contribution in [-0.2, 0) is 4.74 Å². The highest BCUT2D eigenvalue weighted by atomic mass is 79.9. The van der Waals surface area contributed by atoms with E-state index in [1.165, 1.54) is 16.2 Å². The molecular formula is C22H13BrO2. The Kier molecular flexibility index (Phi) is 3.34. The van der Waals surface area contributed by atoms with Gasteiger partial charge in [0.05, 0.1) is 0 Å². The molecular weight excluding hydrogens is 376 g/mol. The molecule has 1 aromatic heterocycles. The largest absolute Gasteiger partial charge is 0.456 e. The van der Waals surface area contributed by atoms with Crippen molar-refractivity contribution in [3.05, 3.63) is 77.3 Å². The fourth-order valence-corrected chi connectivity index (χ4v) is 3.92. The summed E-state index contributed by atoms with van der Waals surface area (Å²) in [6.45, 7) is 2.91. The lowest BCUT2D eigenvalue weighted by Gasteiger charge is -2.05. The van der Waals surface area contributed by atoms with Gasteiger partial charge in [-0.3, -0.25) is 0 Å². The van der Waals surface area contributed by atoms with Crippen LogP contribution < -0.4 is 0 Å². The number of rotatable bonds is 2. The third kappa shape index (κ3) is 2.27. The Bertz CT molecular complexity index is 1270. The van der Waals surface area contributed by atoms with Crippen LogP contribution in [0.5, 0.6) is 0 Å². The summed E-state index contributed by atoms with van der Waals surface area (Å²) >= 11 is 3.60. The molecule has 4 aromatic carbocycles. The summed E-state index contributed by atoms with van der Waals surface area (Å²) in [6, 6.07) is 20.8. The second-order valence-electron chi connectivity index (χ2n) is 6.09. The number of fused-ring (bicyclic) bond motifs is 7. The molecule has 120 valence electrons. The van der Waals surface area contributed by atoms with Crippen LogP contribution in [0, 0.1) is 6.61 Å². The molecule has 3 heteroatoms. The molecule has 0 amide bonds. The highest BCUT2D eigenvalue weighted by Crippen LogP contribution is 2.39. The summed E-state index contributed by atoms with van der Waals surface area (Å²) in [6.07, 6.45) is 0. The highest BCUT2D eigenvalue weighted by Gasteiger charge is 2.14. The number of halogens is 1. The lowest BCUT2D eigenvalue weighted by molar-refractivity contribution is 0.292. The van der Waals surface area contributed by atoms with Gasteiger partial charge in [0.1, 0.15) is 11.2 Å². The van der Waals surface area contributed by atoms with Crippen LogP contribution in [0.1, 0.15) is 5.56 Å². The first-order chi connectivity index (χ1) is 12.2. The molecule has 0 bridgehead atoms. The molecule has 0 saturated heterocycles. The third-order valence-electron chi connectivity index (χ3n) is 4.62. The molecule has 0 unspecified atom stereocenters. The summed E-state index contributed by atoms with van der Waals surface area (Å²) < 4.78 is 12.3. The molecule has 0 N–H and O–H groups in total. The molecule has 0 aliphatic heterocycles. The molecule has 1 heterocycles. The maximum Gasteiger partial charge on any atom is 0.165 e. The number of benzene rings is 4. The van der Waals surface area contributed by atoms with E-state index in [1.54, 1.807) is 7.11 Å². The van der Waals surface area contributed by atoms with Crippen molar-refractivity contribution in [2.45, 2.75) is 0 Å². The van der Waals surface area contributed by atoms with E-state index in [0.29, 0.717) is 0 Å². The van der Waals surface area contributed by atoms with Crippen LogP contribution in [0.25, 0.3) is 43.5 Å². The smallest absolute Gasteiger partial charge is 0.165 e. The Morgan fingerprint density at radius 1 is 0.800 bits per heavy atom. The van der Waals surface area contributed by atoms with Crippen LogP contribution >= 0.6 is 15.9 Å². The summed E-state index contributed by atoms with van der Waals surface area (Å²) in [7, 11) is 1.61. The molecule has 0 spiro atoms. The Hall–Kier alpha value is -2.36. The average Bonchev–Trinajstić information content (AvgIpc) is 3.01. The van der Waals surface area contributed by atoms with Gasteiger partial charge >= 0.3 is 0 Å². The van der Waals surface area contributed by atoms with Crippen molar-refractivity contribution in [3.63, 3.8) is 0 Å². The Morgan fingerprint density at radius 2 is 1.40 bits per heavy atom. The SMILES string of the molecule is CO[C]c1ccc2ccc3oc4ccc5ccc(Br)cc5c4c3c2c1. The minimum absolute atomic E-state index is 0.893. The van der Waals surface area contributed by atoms with E-state index >= 15 is 0 Å². The number of hydrogen-bond donors (Lipinski definition) is 0. The summed E-state index contributed by atoms with van der Waals surface area (Å²) in [4.78, 5) is 0. The molecule has 0 fully saturated rings. The minimum atomic E-state index is 0.893. The molecule has 5 rings (SSSR count). The molecule has 5 aromatic rings. The van der Waals surface area contributed by atoms with E-state index in [2.05, 4.69) is 71.1 Å². The maximum absolute atomic E-state index is 6.14. The maximum atomic E-state index is 6.14. The first kappa shape index (κ1) is 14.9. The monoisotopic (exact) mass is 388 g/mol. The normalized spacial score (nSPS) is 11.9. The predicted octanol–water partition coefficient (Wildman–Crippen LogP) is 6.69. The van der Waals surface area contributed by atoms with Gasteiger partial charge < -0.3 is 9.15 Å². The van der Waals surface area contributed by atoms with Crippen molar-refractivity contribution in [2.75, 3.05) is 7.11 Å². The average molecular weight is 389 g/mol. The second-order valence-corrected chi connectivity index (χ2v) is 7.00. The second kappa shape index (κ2) is 5.58. The van der Waals surface area contributed by atoms with E-state index < -0.39 is 0 Å². The Labute approximate surface area is 153 Å². The molecule has 0 aliphatic rings. The molecule has 0 atom stereocenters. The van der Waals surface area contributed by atoms with Crippen LogP contribution in [0.15, 0.2) is 69.6 Å². The van der Waals surface area contributed by atoms with E-state index in [0.717, 1.165) is 37.4 Å². The zero-order chi connectivity index (χ0) is 17.0. The standard InChI is InChI=1S/C22H13BrO2/c1-24-12-13-2-3-14-5-8-19-21(17(14)10-13)22-18-11-16(23)7-4-15(18)6-9-20(22)25-19/h2-11H,1H3. The fourth-order valence-electron chi connectivity index (χ4n) is 3.56. The van der Waals surface area contributed by atoms with Gasteiger partial charge in [0.15, 0.2) is 6.61 Å². The molecule has 2 nitrogen and oxygen atoms in total. The van der Waals surface area contributed by atoms with Crippen LogP contribution in [0.3, 0.4) is 0 Å². The van der Waals surface area contributed by atoms with Gasteiger partial charge in [-0.25, -0.2) is 0 Å². The zero-order valence-corrected chi connectivity index (χ0v) is 15.1. The fraction of sp³-hybridized carbons (Fsp3) is 0.0455. The first-order valence-electron chi connectivity index (χ1n) is 8.01. The summed E-state index contributed by atoms with van der Waals surface area (Å²) in [5.41, 5.74) is 2.71. The zero-order valence-electron chi connectivity index (χ0n) is 13.5. The van der Waals surface area contributed by atoms with Crippen molar-refractivity contribution in [1.82, 2.24) is 0 Å². The van der Waals surface area contributed by atoms with Gasteiger partial charge in [-0.05, 0) is 57.4 Å². The topological polar surface area (TPSA) is 22.4 Å². The summed E-state index contributed by atoms with van der Waals surface area (Å²) in [5, 5.41) is 6.98. The van der Waals surface area contributed by atoms with Gasteiger partial charge in [0.25, 0.3) is 0 Å². The van der Waals surface area contributed by atoms with Crippen LogP contribution in [-0.4, -0.2) is 7.11 Å². The lowest BCUT2D eigenvalue weighted by Crippen LogP contribution is -1.85. The first-order valence-corrected chi connectivity index (χ1v) is 8.80. The van der Waals surface area contributed by atoms with E-state index in [1.807, 2.05) is 12.1 Å². The predicted molar refractivity (Wildman–Crippen MR) is 106 cm³/mol. The molecule has 25 heavy (non-hydrogen) atoms. The van der Waals surface area contributed by atoms with E-state index in [4.69, 9.17) is 9.15 Å². The highest BCUT2D eigenvalue weighted by molar-refractivity contribution is 9.10. The van der Waals surface area contributed by atoms with Gasteiger partial charge in [-0.15, -0.1) is 0 Å². The number of hydrogen-bond acceptors (Lipinski definition) is 2. The van der Waals surface area contributed by atoms with Crippen molar-refractivity contribution in [1.29, 1.82) is 0 Å². The van der Waals surface area contributed by atoms with Gasteiger partial charge in [-0.1, -0.05) is 46.3 Å². The Balaban J connectivity index is 2.02. The molecule has 0 saturated carbocycles. The summed E-state index contributed by atoms with van der Waals surface area (Å²) in [5.74, 6) is 0. The number of furan rings is 1. The number of ether oxygens (including phenoxy) is 1. The third-order valence-corrected chi connectivity index (χ3v) is 5.11. The quantitative estimate of drug-likeness (QED) is 0.336. The van der Waals surface area contributed by atoms with E-state index in [9.17, 15) is 0 Å². The van der Waals surface area contributed by atoms with Gasteiger partial charge in [0.2, 0.25) is 0 Å². The van der Waals surface area contributed by atoms with Crippen molar-refractivity contribution >= 4 is 59.4 Å².